The first-order chi connectivity index (χ1) is 13.0. The fourth-order valence-corrected chi connectivity index (χ4v) is 2.58. The molecule has 0 aliphatic carbocycles. The van der Waals surface area contributed by atoms with Crippen LogP contribution in [-0.4, -0.2) is 40.1 Å². The van der Waals surface area contributed by atoms with Gasteiger partial charge in [-0.3, -0.25) is 14.9 Å². The molecule has 0 unspecified atom stereocenters. The SMILES string of the molecule is Cc1ccc(Oc2ncnc(N(C)CC(=O)OC(C)(C)C)c2[N+](=O)[O-])c(Cl)c1. The highest BCUT2D eigenvalue weighted by Crippen LogP contribution is 2.37. The molecule has 1 aromatic heterocycles. The summed E-state index contributed by atoms with van der Waals surface area (Å²) in [5, 5.41) is 11.9. The van der Waals surface area contributed by atoms with Gasteiger partial charge in [-0.2, -0.15) is 4.98 Å². The minimum absolute atomic E-state index is 0.0795. The fraction of sp³-hybridized carbons (Fsp3) is 0.389. The Morgan fingerprint density at radius 1 is 1.32 bits per heavy atom. The zero-order valence-electron chi connectivity index (χ0n) is 16.2. The van der Waals surface area contributed by atoms with E-state index < -0.39 is 22.2 Å². The number of benzene rings is 1. The van der Waals surface area contributed by atoms with Gasteiger partial charge >= 0.3 is 17.5 Å². The van der Waals surface area contributed by atoms with Crippen molar-refractivity contribution >= 4 is 29.1 Å². The summed E-state index contributed by atoms with van der Waals surface area (Å²) in [5.74, 6) is -0.692. The first-order valence-electron chi connectivity index (χ1n) is 8.34. The van der Waals surface area contributed by atoms with Gasteiger partial charge in [-0.25, -0.2) is 4.98 Å². The van der Waals surface area contributed by atoms with Gasteiger partial charge in [0.15, 0.2) is 0 Å². The Morgan fingerprint density at radius 3 is 2.57 bits per heavy atom. The zero-order chi connectivity index (χ0) is 21.1. The monoisotopic (exact) mass is 408 g/mol. The molecule has 0 radical (unpaired) electrons. The molecule has 2 aromatic rings. The summed E-state index contributed by atoms with van der Waals surface area (Å²) in [6.45, 7) is 6.81. The average molecular weight is 409 g/mol. The van der Waals surface area contributed by atoms with Crippen molar-refractivity contribution in [3.05, 3.63) is 45.2 Å². The summed E-state index contributed by atoms with van der Waals surface area (Å²) in [6, 6.07) is 5.01. The number of ether oxygens (including phenoxy) is 2. The van der Waals surface area contributed by atoms with Crippen LogP contribution in [0.3, 0.4) is 0 Å². The number of aryl methyl sites for hydroxylation is 1. The maximum atomic E-state index is 12.1. The summed E-state index contributed by atoms with van der Waals surface area (Å²) in [5.41, 5.74) is -0.246. The van der Waals surface area contributed by atoms with E-state index >= 15 is 0 Å². The number of nitro groups is 1. The number of hydrogen-bond acceptors (Lipinski definition) is 8. The number of aromatic nitrogens is 2. The van der Waals surface area contributed by atoms with Gasteiger partial charge < -0.3 is 14.4 Å². The standard InChI is InChI=1S/C18H21ClN4O5/c1-11-6-7-13(12(19)8-11)27-17-15(23(25)26)16(20-10-21-17)22(5)9-14(24)28-18(2,3)4/h6-8,10H,9H2,1-5H3. The third-order valence-electron chi connectivity index (χ3n) is 3.39. The molecule has 1 heterocycles. The third-order valence-corrected chi connectivity index (χ3v) is 3.69. The van der Waals surface area contributed by atoms with Crippen LogP contribution in [0.5, 0.6) is 11.6 Å². The number of carbonyl (C=O) groups is 1. The van der Waals surface area contributed by atoms with Crippen molar-refractivity contribution in [1.82, 2.24) is 9.97 Å². The highest BCUT2D eigenvalue weighted by molar-refractivity contribution is 6.32. The van der Waals surface area contributed by atoms with Gasteiger partial charge in [0.2, 0.25) is 5.82 Å². The van der Waals surface area contributed by atoms with Crippen LogP contribution >= 0.6 is 11.6 Å². The van der Waals surface area contributed by atoms with Crippen LogP contribution in [-0.2, 0) is 9.53 Å². The van der Waals surface area contributed by atoms with Crippen LogP contribution in [0.2, 0.25) is 5.02 Å². The molecule has 0 fully saturated rings. The van der Waals surface area contributed by atoms with Crippen molar-refractivity contribution < 1.29 is 19.2 Å². The normalized spacial score (nSPS) is 11.1. The smallest absolute Gasteiger partial charge is 0.373 e. The summed E-state index contributed by atoms with van der Waals surface area (Å²) in [6.07, 6.45) is 1.12. The lowest BCUT2D eigenvalue weighted by Gasteiger charge is -2.23. The van der Waals surface area contributed by atoms with Crippen molar-refractivity contribution in [3.63, 3.8) is 0 Å². The van der Waals surface area contributed by atoms with Crippen LogP contribution in [0.25, 0.3) is 0 Å². The van der Waals surface area contributed by atoms with Crippen LogP contribution in [0.4, 0.5) is 11.5 Å². The van der Waals surface area contributed by atoms with Gasteiger partial charge in [0, 0.05) is 7.05 Å². The number of nitrogens with zero attached hydrogens (tertiary/aromatic N) is 4. The van der Waals surface area contributed by atoms with E-state index in [2.05, 4.69) is 9.97 Å². The molecule has 0 atom stereocenters. The number of hydrogen-bond donors (Lipinski definition) is 0. The second kappa shape index (κ2) is 8.39. The molecule has 0 saturated heterocycles. The highest BCUT2D eigenvalue weighted by atomic mass is 35.5. The Balaban J connectivity index is 2.34. The Kier molecular flexibility index (Phi) is 6.40. The van der Waals surface area contributed by atoms with Crippen LogP contribution < -0.4 is 9.64 Å². The van der Waals surface area contributed by atoms with E-state index in [4.69, 9.17) is 21.1 Å². The summed E-state index contributed by atoms with van der Waals surface area (Å²) < 4.78 is 10.8. The molecule has 0 spiro atoms. The third kappa shape index (κ3) is 5.53. The lowest BCUT2D eigenvalue weighted by Crippen LogP contribution is -2.33. The molecule has 150 valence electrons. The Bertz CT molecular complexity index is 898. The first-order valence-corrected chi connectivity index (χ1v) is 8.72. The first kappa shape index (κ1) is 21.4. The summed E-state index contributed by atoms with van der Waals surface area (Å²) in [7, 11) is 1.49. The maximum Gasteiger partial charge on any atom is 0.373 e. The minimum Gasteiger partial charge on any atom is -0.459 e. The van der Waals surface area contributed by atoms with Crippen molar-refractivity contribution in [2.24, 2.45) is 0 Å². The molecule has 0 aliphatic heterocycles. The number of likely N-dealkylation sites (N-methyl/N-ethyl adjacent to an activating group) is 1. The van der Waals surface area contributed by atoms with E-state index in [0.29, 0.717) is 0 Å². The van der Waals surface area contributed by atoms with Gasteiger partial charge in [0.1, 0.15) is 24.2 Å². The van der Waals surface area contributed by atoms with E-state index in [1.165, 1.54) is 11.9 Å². The summed E-state index contributed by atoms with van der Waals surface area (Å²) in [4.78, 5) is 32.2. The van der Waals surface area contributed by atoms with E-state index in [-0.39, 0.29) is 29.0 Å². The van der Waals surface area contributed by atoms with Crippen LogP contribution in [0.1, 0.15) is 26.3 Å². The van der Waals surface area contributed by atoms with Crippen LogP contribution in [0.15, 0.2) is 24.5 Å². The van der Waals surface area contributed by atoms with Crippen molar-refractivity contribution in [2.45, 2.75) is 33.3 Å². The van der Waals surface area contributed by atoms with Gasteiger partial charge in [-0.15, -0.1) is 0 Å². The maximum absolute atomic E-state index is 12.1. The quantitative estimate of drug-likeness (QED) is 0.402. The molecule has 0 bridgehead atoms. The zero-order valence-corrected chi connectivity index (χ0v) is 17.0. The average Bonchev–Trinajstić information content (AvgIpc) is 2.55. The molecule has 28 heavy (non-hydrogen) atoms. The van der Waals surface area contributed by atoms with Gasteiger partial charge in [0.05, 0.1) is 9.95 Å². The van der Waals surface area contributed by atoms with Gasteiger partial charge in [-0.1, -0.05) is 17.7 Å². The molecule has 0 N–H and O–H groups in total. The lowest BCUT2D eigenvalue weighted by molar-refractivity contribution is -0.385. The molecule has 0 amide bonds. The predicted molar refractivity (Wildman–Crippen MR) is 104 cm³/mol. The molecule has 0 saturated carbocycles. The largest absolute Gasteiger partial charge is 0.459 e. The molecular weight excluding hydrogens is 388 g/mol. The molecule has 1 aromatic carbocycles. The van der Waals surface area contributed by atoms with Gasteiger partial charge in [-0.05, 0) is 45.4 Å². The van der Waals surface area contributed by atoms with Crippen LogP contribution in [0, 0.1) is 17.0 Å². The second-order valence-electron chi connectivity index (χ2n) is 7.09. The second-order valence-corrected chi connectivity index (χ2v) is 7.49. The van der Waals surface area contributed by atoms with E-state index in [1.54, 1.807) is 39.0 Å². The molecule has 10 heteroatoms. The Hall–Kier alpha value is -2.94. The van der Waals surface area contributed by atoms with Crippen molar-refractivity contribution in [1.29, 1.82) is 0 Å². The van der Waals surface area contributed by atoms with Crippen molar-refractivity contribution in [3.8, 4) is 11.6 Å². The Morgan fingerprint density at radius 2 is 2.00 bits per heavy atom. The molecule has 2 rings (SSSR count). The van der Waals surface area contributed by atoms with Gasteiger partial charge in [0.25, 0.3) is 0 Å². The van der Waals surface area contributed by atoms with Crippen molar-refractivity contribution in [2.75, 3.05) is 18.5 Å². The summed E-state index contributed by atoms with van der Waals surface area (Å²) >= 11 is 6.13. The predicted octanol–water partition coefficient (Wildman–Crippen LogP) is 3.92. The van der Waals surface area contributed by atoms with E-state index in [1.807, 2.05) is 6.92 Å². The topological polar surface area (TPSA) is 108 Å². The van der Waals surface area contributed by atoms with E-state index in [9.17, 15) is 14.9 Å². The highest BCUT2D eigenvalue weighted by Gasteiger charge is 2.29. The molecule has 9 nitrogen and oxygen atoms in total. The lowest BCUT2D eigenvalue weighted by atomic mass is 10.2. The molecular formula is C18H21ClN4O5. The Labute approximate surface area is 167 Å². The fourth-order valence-electron chi connectivity index (χ4n) is 2.30. The number of rotatable bonds is 6. The number of anilines is 1. The number of carbonyl (C=O) groups excluding carboxylic acids is 1. The minimum atomic E-state index is -0.675. The number of halogens is 1. The van der Waals surface area contributed by atoms with E-state index in [0.717, 1.165) is 11.9 Å². The number of esters is 1. The molecule has 0 aliphatic rings.